The summed E-state index contributed by atoms with van der Waals surface area (Å²) in [6.07, 6.45) is 0.676. The summed E-state index contributed by atoms with van der Waals surface area (Å²) in [5.41, 5.74) is -0.0678. The Labute approximate surface area is 76.6 Å². The van der Waals surface area contributed by atoms with E-state index < -0.39 is 13.6 Å². The normalized spacial score (nSPS) is 12.8. The Morgan fingerprint density at radius 2 is 2.08 bits per heavy atom. The highest BCUT2D eigenvalue weighted by atomic mass is 31.2. The molecule has 0 aromatic rings. The van der Waals surface area contributed by atoms with Crippen LogP contribution in [0.1, 0.15) is 20.3 Å². The maximum Gasteiger partial charge on any atom is 0.349 e. The van der Waals surface area contributed by atoms with E-state index in [-0.39, 0.29) is 12.2 Å². The van der Waals surface area contributed by atoms with Gasteiger partial charge in [0.05, 0.1) is 6.61 Å². The van der Waals surface area contributed by atoms with Crippen LogP contribution in [0, 0.1) is 0 Å². The molecule has 0 heterocycles. The average Bonchev–Trinajstić information content (AvgIpc) is 1.96. The minimum atomic E-state index is -4.27. The molecule has 0 rings (SSSR count). The predicted molar refractivity (Wildman–Crippen MR) is 47.1 cm³/mol. The van der Waals surface area contributed by atoms with Crippen molar-refractivity contribution in [3.05, 3.63) is 11.4 Å². The van der Waals surface area contributed by atoms with Crippen LogP contribution < -0.4 is 0 Å². The molecule has 2 N–H and O–H groups in total. The molecule has 13 heavy (non-hydrogen) atoms. The van der Waals surface area contributed by atoms with E-state index in [2.05, 4.69) is 4.74 Å². The van der Waals surface area contributed by atoms with Gasteiger partial charge in [-0.2, -0.15) is 0 Å². The highest BCUT2D eigenvalue weighted by molar-refractivity contribution is 7.55. The lowest BCUT2D eigenvalue weighted by Crippen LogP contribution is -2.06. The zero-order valence-electron chi connectivity index (χ0n) is 7.56. The first kappa shape index (κ1) is 12.4. The predicted octanol–water partition coefficient (Wildman–Crippen LogP) is 1.02. The number of carbonyl (C=O) groups excluding carboxylic acids is 1. The lowest BCUT2D eigenvalue weighted by atomic mass is 10.4. The maximum absolute atomic E-state index is 10.9. The van der Waals surface area contributed by atoms with E-state index in [0.717, 1.165) is 0 Å². The minimum absolute atomic E-state index is 0.0678. The molecule has 6 heteroatoms. The van der Waals surface area contributed by atoms with Crippen molar-refractivity contribution in [3.63, 3.8) is 0 Å². The summed E-state index contributed by atoms with van der Waals surface area (Å²) in [5.74, 6) is -0.0875. The van der Waals surface area contributed by atoms with E-state index in [9.17, 15) is 9.36 Å². The van der Waals surface area contributed by atoms with Crippen LogP contribution in [0.2, 0.25) is 0 Å². The standard InChI is InChI=1S/C7H13O5P/c1-3-4-12-7(8)6(2)5-13(9,10)11/h5H,3-4H2,1-2H3,(H2,9,10,11). The van der Waals surface area contributed by atoms with Gasteiger partial charge in [0.25, 0.3) is 0 Å². The van der Waals surface area contributed by atoms with Crippen LogP contribution in [0.3, 0.4) is 0 Å². The highest BCUT2D eigenvalue weighted by Crippen LogP contribution is 2.37. The van der Waals surface area contributed by atoms with E-state index in [0.29, 0.717) is 12.2 Å². The van der Waals surface area contributed by atoms with Crippen molar-refractivity contribution in [1.82, 2.24) is 0 Å². The van der Waals surface area contributed by atoms with Gasteiger partial charge in [0.2, 0.25) is 0 Å². The van der Waals surface area contributed by atoms with Crippen LogP contribution in [0.25, 0.3) is 0 Å². The van der Waals surface area contributed by atoms with Gasteiger partial charge in [0, 0.05) is 11.4 Å². The molecule has 0 spiro atoms. The Morgan fingerprint density at radius 1 is 1.54 bits per heavy atom. The van der Waals surface area contributed by atoms with Crippen LogP contribution in [0.15, 0.2) is 11.4 Å². The molecular formula is C7H13O5P. The fourth-order valence-electron chi connectivity index (χ4n) is 0.614. The van der Waals surface area contributed by atoms with E-state index in [4.69, 9.17) is 9.79 Å². The van der Waals surface area contributed by atoms with Gasteiger partial charge in [-0.25, -0.2) is 4.79 Å². The number of esters is 1. The molecule has 0 aromatic heterocycles. The van der Waals surface area contributed by atoms with Crippen LogP contribution >= 0.6 is 7.60 Å². The van der Waals surface area contributed by atoms with E-state index in [1.807, 2.05) is 6.92 Å². The number of hydrogen-bond acceptors (Lipinski definition) is 3. The number of hydrogen-bond donors (Lipinski definition) is 2. The Morgan fingerprint density at radius 3 is 2.46 bits per heavy atom. The molecule has 0 aliphatic rings. The Hall–Kier alpha value is -0.640. The number of ether oxygens (including phenoxy) is 1. The fourth-order valence-corrected chi connectivity index (χ4v) is 1.22. The van der Waals surface area contributed by atoms with Crippen molar-refractivity contribution in [2.45, 2.75) is 20.3 Å². The second kappa shape index (κ2) is 5.17. The van der Waals surface area contributed by atoms with Gasteiger partial charge in [0.15, 0.2) is 0 Å². The molecule has 0 saturated carbocycles. The first-order valence-electron chi connectivity index (χ1n) is 3.78. The monoisotopic (exact) mass is 208 g/mol. The molecule has 0 fully saturated rings. The minimum Gasteiger partial charge on any atom is -0.462 e. The van der Waals surface area contributed by atoms with Gasteiger partial charge in [-0.3, -0.25) is 4.57 Å². The SMILES string of the molecule is CCCOC(=O)C(C)=CP(=O)(O)O. The summed E-state index contributed by atoms with van der Waals surface area (Å²) in [7, 11) is -4.27. The summed E-state index contributed by atoms with van der Waals surface area (Å²) in [4.78, 5) is 27.9. The van der Waals surface area contributed by atoms with Crippen molar-refractivity contribution in [1.29, 1.82) is 0 Å². The second-order valence-corrected chi connectivity index (χ2v) is 3.97. The molecule has 5 nitrogen and oxygen atoms in total. The van der Waals surface area contributed by atoms with Crippen LogP contribution in [0.4, 0.5) is 0 Å². The van der Waals surface area contributed by atoms with Crippen LogP contribution in [-0.4, -0.2) is 22.4 Å². The molecule has 0 saturated heterocycles. The number of carbonyl (C=O) groups is 1. The van der Waals surface area contributed by atoms with E-state index in [1.165, 1.54) is 6.92 Å². The van der Waals surface area contributed by atoms with Crippen LogP contribution in [0.5, 0.6) is 0 Å². The molecule has 0 amide bonds. The average molecular weight is 208 g/mol. The van der Waals surface area contributed by atoms with E-state index in [1.54, 1.807) is 0 Å². The lowest BCUT2D eigenvalue weighted by Gasteiger charge is -2.03. The third-order valence-electron chi connectivity index (χ3n) is 1.12. The molecule has 0 aliphatic heterocycles. The van der Waals surface area contributed by atoms with E-state index >= 15 is 0 Å². The molecule has 0 atom stereocenters. The molecule has 76 valence electrons. The summed E-state index contributed by atoms with van der Waals surface area (Å²) in [6.45, 7) is 3.39. The largest absolute Gasteiger partial charge is 0.462 e. The van der Waals surface area contributed by atoms with Gasteiger partial charge < -0.3 is 14.5 Å². The van der Waals surface area contributed by atoms with Gasteiger partial charge >= 0.3 is 13.6 Å². The molecular weight excluding hydrogens is 195 g/mol. The van der Waals surface area contributed by atoms with Gasteiger partial charge in [-0.1, -0.05) is 6.92 Å². The number of rotatable bonds is 4. The smallest absolute Gasteiger partial charge is 0.349 e. The van der Waals surface area contributed by atoms with Crippen molar-refractivity contribution in [2.24, 2.45) is 0 Å². The van der Waals surface area contributed by atoms with Gasteiger partial charge in [0.1, 0.15) is 0 Å². The zero-order valence-corrected chi connectivity index (χ0v) is 8.45. The first-order valence-corrected chi connectivity index (χ1v) is 5.47. The summed E-state index contributed by atoms with van der Waals surface area (Å²) >= 11 is 0. The topological polar surface area (TPSA) is 83.8 Å². The Kier molecular flexibility index (Phi) is 4.91. The molecule has 0 bridgehead atoms. The van der Waals surface area contributed by atoms with Crippen molar-refractivity contribution < 1.29 is 23.9 Å². The summed E-state index contributed by atoms with van der Waals surface area (Å²) in [6, 6.07) is 0. The molecule has 0 aliphatic carbocycles. The van der Waals surface area contributed by atoms with Gasteiger partial charge in [-0.15, -0.1) is 0 Å². The maximum atomic E-state index is 10.9. The van der Waals surface area contributed by atoms with Gasteiger partial charge in [-0.05, 0) is 13.3 Å². The second-order valence-electron chi connectivity index (χ2n) is 2.54. The third kappa shape index (κ3) is 6.51. The van der Waals surface area contributed by atoms with Crippen molar-refractivity contribution >= 4 is 13.6 Å². The quantitative estimate of drug-likeness (QED) is 0.409. The summed E-state index contributed by atoms with van der Waals surface area (Å²) < 4.78 is 15.1. The fraction of sp³-hybridized carbons (Fsp3) is 0.571. The molecule has 0 aromatic carbocycles. The molecule has 0 unspecified atom stereocenters. The molecule has 0 radical (unpaired) electrons. The first-order chi connectivity index (χ1) is 5.87. The Balaban J connectivity index is 4.26. The van der Waals surface area contributed by atoms with Crippen LogP contribution in [-0.2, 0) is 14.1 Å². The lowest BCUT2D eigenvalue weighted by molar-refractivity contribution is -0.138. The highest BCUT2D eigenvalue weighted by Gasteiger charge is 2.13. The van der Waals surface area contributed by atoms with Crippen molar-refractivity contribution in [2.75, 3.05) is 6.61 Å². The Bertz CT molecular complexity index is 252. The zero-order chi connectivity index (χ0) is 10.5. The summed E-state index contributed by atoms with van der Waals surface area (Å²) in [5, 5.41) is 0. The van der Waals surface area contributed by atoms with Crippen molar-refractivity contribution in [3.8, 4) is 0 Å². The third-order valence-corrected chi connectivity index (χ3v) is 1.84.